The zero-order chi connectivity index (χ0) is 24.2. The van der Waals surface area contributed by atoms with Crippen molar-refractivity contribution in [2.75, 3.05) is 0 Å². The van der Waals surface area contributed by atoms with Crippen molar-refractivity contribution in [1.29, 1.82) is 0 Å². The molecule has 0 aromatic rings. The highest BCUT2D eigenvalue weighted by atomic mass is 28.4. The van der Waals surface area contributed by atoms with Gasteiger partial charge >= 0.3 is 0 Å². The van der Waals surface area contributed by atoms with Crippen LogP contribution in [0, 0.1) is 40.4 Å². The van der Waals surface area contributed by atoms with Gasteiger partial charge in [0.25, 0.3) is 0 Å². The van der Waals surface area contributed by atoms with E-state index in [4.69, 9.17) is 4.43 Å². The molecule has 4 rings (SSSR count). The van der Waals surface area contributed by atoms with Crippen LogP contribution in [0.5, 0.6) is 0 Å². The third-order valence-electron chi connectivity index (χ3n) is 10.1. The molecule has 2 heteroatoms. The van der Waals surface area contributed by atoms with Crippen molar-refractivity contribution in [3.63, 3.8) is 0 Å². The quantitative estimate of drug-likeness (QED) is 0.280. The van der Waals surface area contributed by atoms with Crippen molar-refractivity contribution in [2.24, 2.45) is 40.4 Å². The van der Waals surface area contributed by atoms with Crippen molar-refractivity contribution in [3.05, 3.63) is 47.6 Å². The van der Waals surface area contributed by atoms with E-state index in [9.17, 15) is 0 Å². The monoisotopic (exact) mass is 466 g/mol. The molecule has 0 heterocycles. The summed E-state index contributed by atoms with van der Waals surface area (Å²) in [5.74, 6) is 3.49. The van der Waals surface area contributed by atoms with E-state index in [2.05, 4.69) is 85.1 Å². The Morgan fingerprint density at radius 3 is 2.42 bits per heavy atom. The number of hydrogen-bond donors (Lipinski definition) is 0. The first kappa shape index (κ1) is 25.2. The fourth-order valence-corrected chi connectivity index (χ4v) is 9.28. The number of hydrogen-bond acceptors (Lipinski definition) is 1. The molecular weight excluding hydrogens is 416 g/mol. The van der Waals surface area contributed by atoms with E-state index in [-0.39, 0.29) is 0 Å². The van der Waals surface area contributed by atoms with Gasteiger partial charge in [0, 0.05) is 6.10 Å². The summed E-state index contributed by atoms with van der Waals surface area (Å²) in [6, 6.07) is 0. The van der Waals surface area contributed by atoms with Crippen LogP contribution in [-0.4, -0.2) is 14.4 Å². The smallest absolute Gasteiger partial charge is 0.184 e. The molecule has 33 heavy (non-hydrogen) atoms. The summed E-state index contributed by atoms with van der Waals surface area (Å²) in [5, 5.41) is 0. The van der Waals surface area contributed by atoms with E-state index in [1.165, 1.54) is 44.1 Å². The predicted molar refractivity (Wildman–Crippen MR) is 146 cm³/mol. The molecule has 0 aromatic carbocycles. The Morgan fingerprint density at radius 2 is 1.76 bits per heavy atom. The predicted octanol–water partition coefficient (Wildman–Crippen LogP) is 9.11. The summed E-state index contributed by atoms with van der Waals surface area (Å²) >= 11 is 0. The van der Waals surface area contributed by atoms with Crippen LogP contribution in [0.2, 0.25) is 19.6 Å². The molecule has 0 N–H and O–H groups in total. The Bertz CT molecular complexity index is 855. The van der Waals surface area contributed by atoms with Crippen LogP contribution < -0.4 is 0 Å². The van der Waals surface area contributed by atoms with Gasteiger partial charge in [-0.3, -0.25) is 0 Å². The van der Waals surface area contributed by atoms with Crippen molar-refractivity contribution < 1.29 is 4.43 Å². The first-order valence-electron chi connectivity index (χ1n) is 13.8. The maximum Gasteiger partial charge on any atom is 0.184 e. The zero-order valence-electron chi connectivity index (χ0n) is 22.8. The Balaban J connectivity index is 1.54. The van der Waals surface area contributed by atoms with Gasteiger partial charge in [-0.2, -0.15) is 0 Å². The van der Waals surface area contributed by atoms with Crippen molar-refractivity contribution in [3.8, 4) is 0 Å². The fraction of sp³-hybridized carbons (Fsp3) is 0.742. The molecule has 184 valence electrons. The van der Waals surface area contributed by atoms with E-state index in [0.717, 1.165) is 24.2 Å². The first-order chi connectivity index (χ1) is 15.3. The van der Waals surface area contributed by atoms with Gasteiger partial charge in [-0.05, 0) is 105 Å². The second-order valence-corrected chi connectivity index (χ2v) is 18.1. The summed E-state index contributed by atoms with van der Waals surface area (Å²) in [5.41, 5.74) is 5.57. The van der Waals surface area contributed by atoms with Gasteiger partial charge < -0.3 is 4.43 Å². The standard InChI is InChI=1S/C31H50OSi/c1-21(2)22(3)10-11-23(4)27-14-15-28-26-13-12-24-20-25(32-33(7,8)9)16-18-30(24,5)29(26)17-19-31(27,28)6/h10-13,21,23,25,27-29H,3,14-20H2,1-2,4-9H3/b11-10+/t23-,25+,27-,28+,29+,30+,31-/m1/s1. The molecule has 3 fully saturated rings. The highest BCUT2D eigenvalue weighted by Gasteiger charge is 2.56. The number of rotatable bonds is 6. The van der Waals surface area contributed by atoms with E-state index >= 15 is 0 Å². The van der Waals surface area contributed by atoms with Gasteiger partial charge in [0.1, 0.15) is 0 Å². The molecule has 0 saturated heterocycles. The average molecular weight is 467 g/mol. The molecule has 0 bridgehead atoms. The van der Waals surface area contributed by atoms with Crippen molar-refractivity contribution >= 4 is 8.32 Å². The summed E-state index contributed by atoms with van der Waals surface area (Å²) < 4.78 is 6.55. The molecule has 1 nitrogen and oxygen atoms in total. The van der Waals surface area contributed by atoms with Crippen molar-refractivity contribution in [1.82, 2.24) is 0 Å². The zero-order valence-corrected chi connectivity index (χ0v) is 23.8. The minimum absolute atomic E-state index is 0.364. The summed E-state index contributed by atoms with van der Waals surface area (Å²) in [6.45, 7) is 23.5. The van der Waals surface area contributed by atoms with Gasteiger partial charge in [-0.25, -0.2) is 0 Å². The number of allylic oxidation sites excluding steroid dienone is 6. The highest BCUT2D eigenvalue weighted by Crippen LogP contribution is 2.66. The molecule has 3 saturated carbocycles. The Kier molecular flexibility index (Phi) is 6.86. The van der Waals surface area contributed by atoms with Gasteiger partial charge in [-0.15, -0.1) is 0 Å². The maximum atomic E-state index is 6.55. The molecule has 0 unspecified atom stereocenters. The van der Waals surface area contributed by atoms with Crippen LogP contribution in [0.25, 0.3) is 0 Å². The van der Waals surface area contributed by atoms with Gasteiger partial charge in [0.05, 0.1) is 0 Å². The summed E-state index contributed by atoms with van der Waals surface area (Å²) in [6.07, 6.45) is 19.6. The van der Waals surface area contributed by atoms with Crippen LogP contribution in [0.4, 0.5) is 0 Å². The van der Waals surface area contributed by atoms with E-state index in [1.807, 2.05) is 5.57 Å². The Labute approximate surface area is 206 Å². The normalized spacial score (nSPS) is 39.5. The lowest BCUT2D eigenvalue weighted by Crippen LogP contribution is -2.47. The highest BCUT2D eigenvalue weighted by molar-refractivity contribution is 6.69. The molecule has 7 atom stereocenters. The fourth-order valence-electron chi connectivity index (χ4n) is 8.08. The lowest BCUT2D eigenvalue weighted by atomic mass is 9.50. The SMILES string of the molecule is C=C(/C=C/[C@@H](C)[C@H]1CC[C@H]2C3=CC=C4C[C@@H](O[Si](C)(C)C)CC[C@]4(C)[C@H]3CC[C@]12C)C(C)C. The van der Waals surface area contributed by atoms with E-state index in [0.29, 0.717) is 28.8 Å². The average Bonchev–Trinajstić information content (AvgIpc) is 3.08. The van der Waals surface area contributed by atoms with Gasteiger partial charge in [-0.1, -0.05) is 82.2 Å². The van der Waals surface area contributed by atoms with Crippen LogP contribution in [0.3, 0.4) is 0 Å². The molecule has 0 amide bonds. The maximum absolute atomic E-state index is 6.55. The third-order valence-corrected chi connectivity index (χ3v) is 11.1. The minimum atomic E-state index is -1.48. The third kappa shape index (κ3) is 4.68. The molecule has 0 aromatic heterocycles. The molecule has 4 aliphatic carbocycles. The second kappa shape index (κ2) is 8.97. The minimum Gasteiger partial charge on any atom is -0.414 e. The van der Waals surface area contributed by atoms with Crippen LogP contribution in [-0.2, 0) is 4.43 Å². The summed E-state index contributed by atoms with van der Waals surface area (Å²) in [7, 11) is -1.48. The molecule has 0 spiro atoms. The molecule has 0 aliphatic heterocycles. The largest absolute Gasteiger partial charge is 0.414 e. The Hall–Kier alpha value is -0.863. The van der Waals surface area contributed by atoms with Crippen molar-refractivity contribution in [2.45, 2.75) is 105 Å². The molecule has 0 radical (unpaired) electrons. The first-order valence-corrected chi connectivity index (χ1v) is 17.2. The van der Waals surface area contributed by atoms with Gasteiger partial charge in [0.15, 0.2) is 8.32 Å². The number of fused-ring (bicyclic) bond motifs is 5. The molecular formula is C31H50OSi. The molecule has 4 aliphatic rings. The lowest BCUT2D eigenvalue weighted by molar-refractivity contribution is 0.0418. The topological polar surface area (TPSA) is 9.23 Å². The Morgan fingerprint density at radius 1 is 1.03 bits per heavy atom. The van der Waals surface area contributed by atoms with Gasteiger partial charge in [0.2, 0.25) is 0 Å². The van der Waals surface area contributed by atoms with Crippen LogP contribution in [0.1, 0.15) is 79.6 Å². The van der Waals surface area contributed by atoms with E-state index < -0.39 is 8.32 Å². The second-order valence-electron chi connectivity index (χ2n) is 13.7. The summed E-state index contributed by atoms with van der Waals surface area (Å²) in [4.78, 5) is 0. The van der Waals surface area contributed by atoms with E-state index in [1.54, 1.807) is 5.57 Å². The van der Waals surface area contributed by atoms with Crippen LogP contribution >= 0.6 is 0 Å². The van der Waals surface area contributed by atoms with Crippen LogP contribution in [0.15, 0.2) is 47.6 Å². The lowest BCUT2D eigenvalue weighted by Gasteiger charge is -2.55.